The lowest BCUT2D eigenvalue weighted by Gasteiger charge is -2.19. The van der Waals surface area contributed by atoms with Crippen LogP contribution in [0.2, 0.25) is 5.02 Å². The van der Waals surface area contributed by atoms with Crippen LogP contribution in [0, 0.1) is 5.82 Å². The van der Waals surface area contributed by atoms with Gasteiger partial charge in [0.25, 0.3) is 0 Å². The molecule has 18 heavy (non-hydrogen) atoms. The third-order valence-corrected chi connectivity index (χ3v) is 3.73. The standard InChI is InChI=1S/C13H14ClFN2O/c14-9-2-1-3-10(15)12(9)17-7-6-11(13(17)18)16-8-4-5-8/h1-3,8,11,16H,4-7H2. The second kappa shape index (κ2) is 4.52. The molecule has 0 aromatic heterocycles. The Morgan fingerprint density at radius 1 is 1.33 bits per heavy atom. The number of nitrogens with one attached hydrogen (secondary N) is 1. The van der Waals surface area contributed by atoms with Gasteiger partial charge in [0.05, 0.1) is 16.8 Å². The Bertz CT molecular complexity index is 470. The monoisotopic (exact) mass is 268 g/mol. The number of carbonyl (C=O) groups is 1. The molecule has 1 amide bonds. The van der Waals surface area contributed by atoms with Crippen LogP contribution in [0.1, 0.15) is 19.3 Å². The fraction of sp³-hybridized carbons (Fsp3) is 0.462. The molecule has 5 heteroatoms. The second-order valence-corrected chi connectivity index (χ2v) is 5.25. The van der Waals surface area contributed by atoms with E-state index >= 15 is 0 Å². The van der Waals surface area contributed by atoms with Crippen LogP contribution in [-0.4, -0.2) is 24.5 Å². The molecule has 0 spiro atoms. The van der Waals surface area contributed by atoms with Crippen LogP contribution in [0.15, 0.2) is 18.2 Å². The van der Waals surface area contributed by atoms with Crippen molar-refractivity contribution in [2.24, 2.45) is 0 Å². The van der Waals surface area contributed by atoms with Gasteiger partial charge in [-0.05, 0) is 31.4 Å². The minimum atomic E-state index is -0.442. The Balaban J connectivity index is 1.82. The fourth-order valence-corrected chi connectivity index (χ4v) is 2.60. The van der Waals surface area contributed by atoms with E-state index in [0.717, 1.165) is 12.8 Å². The van der Waals surface area contributed by atoms with Crippen LogP contribution in [-0.2, 0) is 4.79 Å². The maximum Gasteiger partial charge on any atom is 0.244 e. The summed E-state index contributed by atoms with van der Waals surface area (Å²) in [7, 11) is 0. The average Bonchev–Trinajstić information content (AvgIpc) is 3.07. The third-order valence-electron chi connectivity index (χ3n) is 3.43. The summed E-state index contributed by atoms with van der Waals surface area (Å²) in [5, 5.41) is 3.57. The summed E-state index contributed by atoms with van der Waals surface area (Å²) in [6.07, 6.45) is 2.97. The zero-order chi connectivity index (χ0) is 12.7. The number of nitrogens with zero attached hydrogens (tertiary/aromatic N) is 1. The number of hydrogen-bond acceptors (Lipinski definition) is 2. The molecule has 0 bridgehead atoms. The van der Waals surface area contributed by atoms with Crippen molar-refractivity contribution in [3.05, 3.63) is 29.0 Å². The van der Waals surface area contributed by atoms with Crippen LogP contribution in [0.5, 0.6) is 0 Å². The maximum atomic E-state index is 13.8. The summed E-state index contributed by atoms with van der Waals surface area (Å²) in [5.74, 6) is -0.517. The first-order valence-electron chi connectivity index (χ1n) is 6.18. The van der Waals surface area contributed by atoms with Gasteiger partial charge in [0.1, 0.15) is 5.82 Å². The molecule has 1 aliphatic carbocycles. The van der Waals surface area contributed by atoms with Gasteiger partial charge in [0, 0.05) is 12.6 Å². The topological polar surface area (TPSA) is 32.3 Å². The average molecular weight is 269 g/mol. The molecule has 1 saturated carbocycles. The van der Waals surface area contributed by atoms with E-state index in [9.17, 15) is 9.18 Å². The summed E-state index contributed by atoms with van der Waals surface area (Å²) in [4.78, 5) is 13.7. The van der Waals surface area contributed by atoms with Gasteiger partial charge >= 0.3 is 0 Å². The number of para-hydroxylation sites is 1. The van der Waals surface area contributed by atoms with Crippen molar-refractivity contribution < 1.29 is 9.18 Å². The zero-order valence-electron chi connectivity index (χ0n) is 9.83. The van der Waals surface area contributed by atoms with Gasteiger partial charge in [-0.3, -0.25) is 4.79 Å². The van der Waals surface area contributed by atoms with E-state index in [4.69, 9.17) is 11.6 Å². The molecule has 96 valence electrons. The normalized spacial score (nSPS) is 23.8. The highest BCUT2D eigenvalue weighted by atomic mass is 35.5. The number of carbonyl (C=O) groups excluding carboxylic acids is 1. The molecule has 2 fully saturated rings. The van der Waals surface area contributed by atoms with Gasteiger partial charge < -0.3 is 10.2 Å². The van der Waals surface area contributed by atoms with Crippen molar-refractivity contribution in [2.75, 3.05) is 11.4 Å². The van der Waals surface area contributed by atoms with E-state index in [-0.39, 0.29) is 22.7 Å². The van der Waals surface area contributed by atoms with E-state index in [1.54, 1.807) is 12.1 Å². The van der Waals surface area contributed by atoms with E-state index in [2.05, 4.69) is 5.32 Å². The van der Waals surface area contributed by atoms with Crippen LogP contribution in [0.25, 0.3) is 0 Å². The smallest absolute Gasteiger partial charge is 0.244 e. The van der Waals surface area contributed by atoms with E-state index < -0.39 is 5.82 Å². The molecular weight excluding hydrogens is 255 g/mol. The SMILES string of the molecule is O=C1C(NC2CC2)CCN1c1c(F)cccc1Cl. The lowest BCUT2D eigenvalue weighted by molar-refractivity contribution is -0.118. The molecule has 3 nitrogen and oxygen atoms in total. The van der Waals surface area contributed by atoms with Crippen molar-refractivity contribution >= 4 is 23.2 Å². The molecular formula is C13H14ClFN2O. The summed E-state index contributed by atoms with van der Waals surface area (Å²) >= 11 is 5.99. The highest BCUT2D eigenvalue weighted by Crippen LogP contribution is 2.32. The van der Waals surface area contributed by atoms with Crippen molar-refractivity contribution in [3.63, 3.8) is 0 Å². The van der Waals surface area contributed by atoms with Crippen LogP contribution >= 0.6 is 11.6 Å². The third kappa shape index (κ3) is 2.10. The predicted octanol–water partition coefficient (Wildman–Crippen LogP) is 2.34. The first-order valence-corrected chi connectivity index (χ1v) is 6.56. The fourth-order valence-electron chi connectivity index (χ4n) is 2.34. The largest absolute Gasteiger partial charge is 0.307 e. The van der Waals surface area contributed by atoms with Crippen molar-refractivity contribution in [1.29, 1.82) is 0 Å². The van der Waals surface area contributed by atoms with E-state index in [1.165, 1.54) is 11.0 Å². The highest BCUT2D eigenvalue weighted by molar-refractivity contribution is 6.34. The number of halogens is 2. The molecule has 1 atom stereocenters. The lowest BCUT2D eigenvalue weighted by atomic mass is 10.2. The Morgan fingerprint density at radius 3 is 2.78 bits per heavy atom. The summed E-state index contributed by atoms with van der Waals surface area (Å²) in [6, 6.07) is 4.76. The predicted molar refractivity (Wildman–Crippen MR) is 68.3 cm³/mol. The van der Waals surface area contributed by atoms with Crippen LogP contribution < -0.4 is 10.2 Å². The Labute approximate surface area is 110 Å². The molecule has 1 N–H and O–H groups in total. The molecule has 0 radical (unpaired) electrons. The summed E-state index contributed by atoms with van der Waals surface area (Å²) in [5.41, 5.74) is 0.212. The molecule has 1 aromatic rings. The van der Waals surface area contributed by atoms with E-state index in [1.807, 2.05) is 0 Å². The lowest BCUT2D eigenvalue weighted by Crippen LogP contribution is -2.39. The number of benzene rings is 1. The van der Waals surface area contributed by atoms with Gasteiger partial charge in [-0.1, -0.05) is 17.7 Å². The van der Waals surface area contributed by atoms with Gasteiger partial charge in [-0.2, -0.15) is 0 Å². The first kappa shape index (κ1) is 11.9. The van der Waals surface area contributed by atoms with Crippen LogP contribution in [0.3, 0.4) is 0 Å². The first-order chi connectivity index (χ1) is 8.66. The number of amides is 1. The van der Waals surface area contributed by atoms with Crippen molar-refractivity contribution in [2.45, 2.75) is 31.3 Å². The second-order valence-electron chi connectivity index (χ2n) is 4.84. The van der Waals surface area contributed by atoms with Gasteiger partial charge in [0.15, 0.2) is 0 Å². The Kier molecular flexibility index (Phi) is 2.99. The van der Waals surface area contributed by atoms with Gasteiger partial charge in [0.2, 0.25) is 5.91 Å². The Hall–Kier alpha value is -1.13. The minimum absolute atomic E-state index is 0.0751. The van der Waals surface area contributed by atoms with Crippen LogP contribution in [0.4, 0.5) is 10.1 Å². The molecule has 1 aliphatic heterocycles. The maximum absolute atomic E-state index is 13.8. The number of rotatable bonds is 3. The summed E-state index contributed by atoms with van der Waals surface area (Å²) in [6.45, 7) is 0.518. The van der Waals surface area contributed by atoms with Crippen molar-refractivity contribution in [3.8, 4) is 0 Å². The zero-order valence-corrected chi connectivity index (χ0v) is 10.6. The number of hydrogen-bond donors (Lipinski definition) is 1. The van der Waals surface area contributed by atoms with Crippen molar-refractivity contribution in [1.82, 2.24) is 5.32 Å². The molecule has 1 saturated heterocycles. The highest BCUT2D eigenvalue weighted by Gasteiger charge is 2.37. The molecule has 1 heterocycles. The quantitative estimate of drug-likeness (QED) is 0.913. The Morgan fingerprint density at radius 2 is 2.11 bits per heavy atom. The molecule has 3 rings (SSSR count). The van der Waals surface area contributed by atoms with Gasteiger partial charge in [-0.25, -0.2) is 4.39 Å². The number of anilines is 1. The molecule has 2 aliphatic rings. The summed E-state index contributed by atoms with van der Waals surface area (Å²) < 4.78 is 13.8. The van der Waals surface area contributed by atoms with Gasteiger partial charge in [-0.15, -0.1) is 0 Å². The van der Waals surface area contributed by atoms with E-state index in [0.29, 0.717) is 19.0 Å². The molecule has 1 aromatic carbocycles. The molecule has 1 unspecified atom stereocenters. The minimum Gasteiger partial charge on any atom is -0.307 e.